The van der Waals surface area contributed by atoms with E-state index < -0.39 is 17.7 Å². The Labute approximate surface area is 88.6 Å². The first-order valence-corrected chi connectivity index (χ1v) is 4.50. The Bertz CT molecular complexity index is 239. The maximum absolute atomic E-state index is 9.45. The maximum atomic E-state index is 9.45. The summed E-state index contributed by atoms with van der Waals surface area (Å²) in [7, 11) is 0. The lowest BCUT2D eigenvalue weighted by atomic mass is 9.91. The molecule has 0 aromatic heterocycles. The molecule has 0 rings (SSSR count). The predicted octanol–water partition coefficient (Wildman–Crippen LogP) is -0.749. The molecule has 5 nitrogen and oxygen atoms in total. The van der Waals surface area contributed by atoms with Gasteiger partial charge in [0.25, 0.3) is 0 Å². The molecule has 88 valence electrons. The van der Waals surface area contributed by atoms with Crippen molar-refractivity contribution < 1.29 is 25.5 Å². The topological polar surface area (TPSA) is 101 Å². The van der Waals surface area contributed by atoms with Crippen molar-refractivity contribution in [3.05, 3.63) is 24.8 Å². The summed E-state index contributed by atoms with van der Waals surface area (Å²) < 4.78 is 0. The number of hydrogen-bond acceptors (Lipinski definition) is 5. The molecule has 5 heteroatoms. The van der Waals surface area contributed by atoms with E-state index in [1.807, 2.05) is 0 Å². The zero-order chi connectivity index (χ0) is 12.3. The fourth-order valence-electron chi connectivity index (χ4n) is 0.929. The fraction of sp³-hybridized carbons (Fsp3) is 0.600. The molecular weight excluding hydrogens is 200 g/mol. The Kier molecular flexibility index (Phi) is 4.64. The number of aliphatic hydroxyl groups excluding tert-OH is 1. The van der Waals surface area contributed by atoms with Crippen LogP contribution in [0.3, 0.4) is 0 Å². The highest BCUT2D eigenvalue weighted by molar-refractivity contribution is 5.11. The summed E-state index contributed by atoms with van der Waals surface area (Å²) >= 11 is 0. The van der Waals surface area contributed by atoms with Gasteiger partial charge in [0, 0.05) is 0 Å². The fourth-order valence-corrected chi connectivity index (χ4v) is 0.929. The van der Waals surface area contributed by atoms with E-state index in [1.165, 1.54) is 6.08 Å². The molecule has 0 aliphatic rings. The van der Waals surface area contributed by atoms with E-state index in [9.17, 15) is 10.2 Å². The van der Waals surface area contributed by atoms with Crippen LogP contribution in [0, 0.1) is 0 Å². The van der Waals surface area contributed by atoms with Crippen LogP contribution < -0.4 is 0 Å². The highest BCUT2D eigenvalue weighted by atomic mass is 16.7. The van der Waals surface area contributed by atoms with Gasteiger partial charge in [-0.05, 0) is 19.8 Å². The van der Waals surface area contributed by atoms with E-state index in [0.717, 1.165) is 6.92 Å². The second-order valence-corrected chi connectivity index (χ2v) is 3.70. The molecule has 0 aliphatic carbocycles. The minimum absolute atomic E-state index is 0.0291. The number of rotatable bonds is 6. The van der Waals surface area contributed by atoms with Gasteiger partial charge in [-0.25, -0.2) is 0 Å². The van der Waals surface area contributed by atoms with Crippen molar-refractivity contribution >= 4 is 0 Å². The lowest BCUT2D eigenvalue weighted by Gasteiger charge is -2.35. The second-order valence-electron chi connectivity index (χ2n) is 3.70. The summed E-state index contributed by atoms with van der Waals surface area (Å²) in [5.74, 6) is -3.35. The van der Waals surface area contributed by atoms with Gasteiger partial charge in [-0.2, -0.15) is 0 Å². The highest BCUT2D eigenvalue weighted by Gasteiger charge is 2.48. The first-order chi connectivity index (χ1) is 6.63. The van der Waals surface area contributed by atoms with E-state index in [1.54, 1.807) is 0 Å². The van der Waals surface area contributed by atoms with Crippen LogP contribution in [0.25, 0.3) is 0 Å². The number of allylic oxidation sites excluding steroid dienone is 2. The third kappa shape index (κ3) is 3.73. The van der Waals surface area contributed by atoms with Gasteiger partial charge in [-0.15, -0.1) is 0 Å². The normalized spacial score (nSPS) is 18.0. The van der Waals surface area contributed by atoms with E-state index in [4.69, 9.17) is 15.3 Å². The van der Waals surface area contributed by atoms with Gasteiger partial charge in [-0.1, -0.05) is 24.8 Å². The van der Waals surface area contributed by atoms with E-state index in [-0.39, 0.29) is 6.42 Å². The monoisotopic (exact) mass is 218 g/mol. The van der Waals surface area contributed by atoms with Crippen LogP contribution in [-0.2, 0) is 0 Å². The predicted molar refractivity (Wildman–Crippen MR) is 54.6 cm³/mol. The molecule has 15 heavy (non-hydrogen) atoms. The third-order valence-corrected chi connectivity index (χ3v) is 2.36. The van der Waals surface area contributed by atoms with Gasteiger partial charge in [0.15, 0.2) is 5.60 Å². The Balaban J connectivity index is 4.38. The van der Waals surface area contributed by atoms with E-state index in [0.29, 0.717) is 12.0 Å². The Morgan fingerprint density at radius 1 is 1.33 bits per heavy atom. The molecule has 0 aliphatic heterocycles. The van der Waals surface area contributed by atoms with Crippen LogP contribution in [0.15, 0.2) is 24.8 Å². The SMILES string of the molecule is C=CC(=C)CCC(O)C(C)(O)C(O)(O)O. The molecule has 0 heterocycles. The average Bonchev–Trinajstić information content (AvgIpc) is 2.11. The molecule has 0 saturated carbocycles. The highest BCUT2D eigenvalue weighted by Crippen LogP contribution is 2.24. The molecule has 0 fully saturated rings. The van der Waals surface area contributed by atoms with Crippen LogP contribution >= 0.6 is 0 Å². The Morgan fingerprint density at radius 2 is 1.80 bits per heavy atom. The Hall–Kier alpha value is -0.720. The lowest BCUT2D eigenvalue weighted by molar-refractivity contribution is -0.401. The van der Waals surface area contributed by atoms with Gasteiger partial charge in [-0.3, -0.25) is 0 Å². The molecule has 0 amide bonds. The van der Waals surface area contributed by atoms with Gasteiger partial charge in [0.1, 0.15) is 0 Å². The summed E-state index contributed by atoms with van der Waals surface area (Å²) in [6, 6.07) is 0. The van der Waals surface area contributed by atoms with Gasteiger partial charge in [0.05, 0.1) is 6.10 Å². The number of hydrogen-bond donors (Lipinski definition) is 5. The molecule has 0 saturated heterocycles. The largest absolute Gasteiger partial charge is 0.390 e. The lowest BCUT2D eigenvalue weighted by Crippen LogP contribution is -2.59. The zero-order valence-corrected chi connectivity index (χ0v) is 8.72. The van der Waals surface area contributed by atoms with Crippen LogP contribution in [0.5, 0.6) is 0 Å². The minimum Gasteiger partial charge on any atom is -0.390 e. The van der Waals surface area contributed by atoms with Crippen molar-refractivity contribution in [1.82, 2.24) is 0 Å². The molecule has 0 spiro atoms. The van der Waals surface area contributed by atoms with Crippen molar-refractivity contribution in [2.45, 2.75) is 37.4 Å². The van der Waals surface area contributed by atoms with Crippen LogP contribution in [0.4, 0.5) is 0 Å². The summed E-state index contributed by atoms with van der Waals surface area (Å²) in [6.45, 7) is 7.97. The standard InChI is InChI=1S/C10H18O5/c1-4-7(2)5-6-8(11)9(3,12)10(13,14)15/h4,8,11-15H,1-2,5-6H2,3H3. The third-order valence-electron chi connectivity index (χ3n) is 2.36. The summed E-state index contributed by atoms with van der Waals surface area (Å²) in [6.07, 6.45) is 0.359. The van der Waals surface area contributed by atoms with Crippen molar-refractivity contribution in [2.24, 2.45) is 0 Å². The molecule has 2 atom stereocenters. The molecule has 5 N–H and O–H groups in total. The summed E-state index contributed by atoms with van der Waals surface area (Å²) in [5.41, 5.74) is -1.78. The summed E-state index contributed by atoms with van der Waals surface area (Å²) in [5, 5.41) is 45.3. The quantitative estimate of drug-likeness (QED) is 0.298. The van der Waals surface area contributed by atoms with E-state index in [2.05, 4.69) is 13.2 Å². The van der Waals surface area contributed by atoms with Crippen LogP contribution in [0.1, 0.15) is 19.8 Å². The van der Waals surface area contributed by atoms with Gasteiger partial charge < -0.3 is 25.5 Å². The average molecular weight is 218 g/mol. The van der Waals surface area contributed by atoms with Crippen molar-refractivity contribution in [1.29, 1.82) is 0 Å². The van der Waals surface area contributed by atoms with E-state index >= 15 is 0 Å². The Morgan fingerprint density at radius 3 is 2.13 bits per heavy atom. The molecule has 0 aromatic carbocycles. The van der Waals surface area contributed by atoms with Crippen LogP contribution in [0.2, 0.25) is 0 Å². The molecule has 2 unspecified atom stereocenters. The smallest absolute Gasteiger partial charge is 0.308 e. The molecule has 0 aromatic rings. The first-order valence-electron chi connectivity index (χ1n) is 4.50. The minimum atomic E-state index is -3.35. The van der Waals surface area contributed by atoms with Crippen molar-refractivity contribution in [3.8, 4) is 0 Å². The van der Waals surface area contributed by atoms with Crippen LogP contribution in [-0.4, -0.2) is 43.2 Å². The van der Waals surface area contributed by atoms with Crippen molar-refractivity contribution in [3.63, 3.8) is 0 Å². The number of aliphatic hydroxyl groups is 5. The molecular formula is C10H18O5. The van der Waals surface area contributed by atoms with Gasteiger partial charge in [0.2, 0.25) is 0 Å². The molecule has 0 bridgehead atoms. The zero-order valence-electron chi connectivity index (χ0n) is 8.72. The van der Waals surface area contributed by atoms with Crippen molar-refractivity contribution in [2.75, 3.05) is 0 Å². The van der Waals surface area contributed by atoms with Gasteiger partial charge >= 0.3 is 5.97 Å². The maximum Gasteiger partial charge on any atom is 0.308 e. The second kappa shape index (κ2) is 4.87. The molecule has 0 radical (unpaired) electrons. The first kappa shape index (κ1) is 14.3. The summed E-state index contributed by atoms with van der Waals surface area (Å²) in [4.78, 5) is 0.